The van der Waals surface area contributed by atoms with Crippen molar-refractivity contribution < 1.29 is 22.3 Å². The van der Waals surface area contributed by atoms with Crippen LogP contribution in [-0.4, -0.2) is 37.6 Å². The predicted molar refractivity (Wildman–Crippen MR) is 49.5 cm³/mol. The number of likely N-dealkylation sites (N-methyl/N-ethyl adjacent to an activating group) is 1. The summed E-state index contributed by atoms with van der Waals surface area (Å²) < 4.78 is 52.8. The minimum Gasteiger partial charge on any atom is -0.372 e. The molecule has 0 spiro atoms. The standard InChI is InChI=1S/C9H14F4N2O/c1-3-15-8(2,4-14)5-16-6-9(12,13)7(10)11/h7,15H,3,5-6H2,1-2H3. The van der Waals surface area contributed by atoms with E-state index in [4.69, 9.17) is 5.26 Å². The quantitative estimate of drug-likeness (QED) is 0.692. The summed E-state index contributed by atoms with van der Waals surface area (Å²) in [5.41, 5.74) is -1.15. The number of halogens is 4. The molecule has 0 heterocycles. The van der Waals surface area contributed by atoms with Crippen LogP contribution < -0.4 is 5.32 Å². The largest absolute Gasteiger partial charge is 0.372 e. The highest BCUT2D eigenvalue weighted by molar-refractivity contribution is 5.03. The molecule has 3 nitrogen and oxygen atoms in total. The molecule has 1 N–H and O–H groups in total. The molecule has 0 rings (SSSR count). The van der Waals surface area contributed by atoms with Gasteiger partial charge in [-0.1, -0.05) is 6.92 Å². The van der Waals surface area contributed by atoms with E-state index in [1.165, 1.54) is 6.92 Å². The molecular weight excluding hydrogens is 228 g/mol. The van der Waals surface area contributed by atoms with Gasteiger partial charge in [0.15, 0.2) is 0 Å². The van der Waals surface area contributed by atoms with E-state index < -0.39 is 24.5 Å². The number of alkyl halides is 4. The van der Waals surface area contributed by atoms with Crippen LogP contribution in [0.25, 0.3) is 0 Å². The topological polar surface area (TPSA) is 45.0 Å². The van der Waals surface area contributed by atoms with E-state index in [-0.39, 0.29) is 6.61 Å². The van der Waals surface area contributed by atoms with E-state index in [2.05, 4.69) is 10.1 Å². The van der Waals surface area contributed by atoms with Gasteiger partial charge in [-0.3, -0.25) is 5.32 Å². The van der Waals surface area contributed by atoms with Crippen molar-refractivity contribution in [3.63, 3.8) is 0 Å². The van der Waals surface area contributed by atoms with E-state index >= 15 is 0 Å². The van der Waals surface area contributed by atoms with Gasteiger partial charge in [0.1, 0.15) is 12.1 Å². The molecule has 0 radical (unpaired) electrons. The Kier molecular flexibility index (Phi) is 5.68. The Bertz CT molecular complexity index is 254. The molecule has 0 aliphatic rings. The smallest absolute Gasteiger partial charge is 0.330 e. The van der Waals surface area contributed by atoms with Crippen molar-refractivity contribution in [2.24, 2.45) is 0 Å². The van der Waals surface area contributed by atoms with E-state index in [9.17, 15) is 17.6 Å². The molecule has 16 heavy (non-hydrogen) atoms. The molecule has 0 aromatic carbocycles. The van der Waals surface area contributed by atoms with Gasteiger partial charge in [-0.25, -0.2) is 8.78 Å². The van der Waals surface area contributed by atoms with Crippen LogP contribution >= 0.6 is 0 Å². The summed E-state index contributed by atoms with van der Waals surface area (Å²) in [5.74, 6) is -4.18. The normalized spacial score (nSPS) is 15.9. The van der Waals surface area contributed by atoms with Crippen molar-refractivity contribution in [2.75, 3.05) is 19.8 Å². The van der Waals surface area contributed by atoms with E-state index in [0.717, 1.165) is 0 Å². The molecule has 0 aliphatic carbocycles. The Morgan fingerprint density at radius 2 is 1.94 bits per heavy atom. The lowest BCUT2D eigenvalue weighted by Crippen LogP contribution is -2.46. The maximum Gasteiger partial charge on any atom is 0.330 e. The number of nitriles is 1. The number of hydrogen-bond donors (Lipinski definition) is 1. The van der Waals surface area contributed by atoms with Gasteiger partial charge in [0.2, 0.25) is 0 Å². The lowest BCUT2D eigenvalue weighted by atomic mass is 10.1. The first-order valence-corrected chi connectivity index (χ1v) is 4.67. The second-order valence-corrected chi connectivity index (χ2v) is 3.53. The molecule has 0 saturated heterocycles. The Morgan fingerprint density at radius 1 is 1.38 bits per heavy atom. The third-order valence-corrected chi connectivity index (χ3v) is 1.82. The zero-order valence-electron chi connectivity index (χ0n) is 9.07. The van der Waals surface area contributed by atoms with Crippen LogP contribution in [0, 0.1) is 11.3 Å². The van der Waals surface area contributed by atoms with Gasteiger partial charge in [-0.15, -0.1) is 0 Å². The predicted octanol–water partition coefficient (Wildman–Crippen LogP) is 1.80. The number of nitrogens with zero attached hydrogens (tertiary/aromatic N) is 1. The van der Waals surface area contributed by atoms with E-state index in [1.54, 1.807) is 6.92 Å². The molecule has 1 unspecified atom stereocenters. The maximum absolute atomic E-state index is 12.4. The van der Waals surface area contributed by atoms with Crippen LogP contribution in [0.1, 0.15) is 13.8 Å². The monoisotopic (exact) mass is 242 g/mol. The number of nitrogens with one attached hydrogen (secondary N) is 1. The van der Waals surface area contributed by atoms with Crippen LogP contribution in [-0.2, 0) is 4.74 Å². The van der Waals surface area contributed by atoms with Crippen LogP contribution in [0.3, 0.4) is 0 Å². The second kappa shape index (κ2) is 6.01. The number of hydrogen-bond acceptors (Lipinski definition) is 3. The van der Waals surface area contributed by atoms with E-state index in [0.29, 0.717) is 6.54 Å². The molecular formula is C9H14F4N2O. The summed E-state index contributed by atoms with van der Waals surface area (Å²) in [4.78, 5) is 0. The van der Waals surface area contributed by atoms with Crippen molar-refractivity contribution >= 4 is 0 Å². The highest BCUT2D eigenvalue weighted by Gasteiger charge is 2.41. The van der Waals surface area contributed by atoms with Crippen molar-refractivity contribution in [3.05, 3.63) is 0 Å². The fourth-order valence-electron chi connectivity index (χ4n) is 0.967. The van der Waals surface area contributed by atoms with E-state index in [1.807, 2.05) is 6.07 Å². The highest BCUT2D eigenvalue weighted by Crippen LogP contribution is 2.23. The zero-order chi connectivity index (χ0) is 12.8. The highest BCUT2D eigenvalue weighted by atomic mass is 19.3. The summed E-state index contributed by atoms with van der Waals surface area (Å²) in [6.45, 7) is 1.84. The summed E-state index contributed by atoms with van der Waals surface area (Å²) in [6.07, 6.45) is -3.76. The summed E-state index contributed by atoms with van der Waals surface area (Å²) >= 11 is 0. The Hall–Kier alpha value is -0.870. The third-order valence-electron chi connectivity index (χ3n) is 1.82. The molecule has 7 heteroatoms. The van der Waals surface area contributed by atoms with Crippen LogP contribution in [0.5, 0.6) is 0 Å². The molecule has 0 fully saturated rings. The minimum absolute atomic E-state index is 0.375. The molecule has 0 amide bonds. The van der Waals surface area contributed by atoms with Gasteiger partial charge in [0, 0.05) is 0 Å². The van der Waals surface area contributed by atoms with Crippen LogP contribution in [0.2, 0.25) is 0 Å². The van der Waals surface area contributed by atoms with Crippen LogP contribution in [0.4, 0.5) is 17.6 Å². The zero-order valence-corrected chi connectivity index (χ0v) is 9.07. The van der Waals surface area contributed by atoms with Gasteiger partial charge in [-0.2, -0.15) is 14.0 Å². The molecule has 0 bridgehead atoms. The molecule has 94 valence electrons. The fourth-order valence-corrected chi connectivity index (χ4v) is 0.967. The molecule has 0 aromatic heterocycles. The first-order valence-electron chi connectivity index (χ1n) is 4.67. The average Bonchev–Trinajstić information content (AvgIpc) is 2.17. The van der Waals surface area contributed by atoms with Crippen LogP contribution in [0.15, 0.2) is 0 Å². The molecule has 0 saturated carbocycles. The summed E-state index contributed by atoms with van der Waals surface area (Å²) in [7, 11) is 0. The molecule has 1 atom stereocenters. The fraction of sp³-hybridized carbons (Fsp3) is 0.889. The molecule has 0 aliphatic heterocycles. The van der Waals surface area contributed by atoms with Gasteiger partial charge in [0.25, 0.3) is 0 Å². The van der Waals surface area contributed by atoms with Crippen molar-refractivity contribution in [1.29, 1.82) is 5.26 Å². The Balaban J connectivity index is 4.11. The van der Waals surface area contributed by atoms with Gasteiger partial charge in [-0.05, 0) is 13.5 Å². The average molecular weight is 242 g/mol. The Labute approximate surface area is 91.4 Å². The Morgan fingerprint density at radius 3 is 2.31 bits per heavy atom. The van der Waals surface area contributed by atoms with Gasteiger partial charge < -0.3 is 4.74 Å². The minimum atomic E-state index is -4.18. The molecule has 0 aromatic rings. The number of rotatable bonds is 7. The maximum atomic E-state index is 12.4. The van der Waals surface area contributed by atoms with Gasteiger partial charge in [0.05, 0.1) is 12.7 Å². The second-order valence-electron chi connectivity index (χ2n) is 3.53. The summed E-state index contributed by atoms with van der Waals surface area (Å²) in [5, 5.41) is 11.4. The lowest BCUT2D eigenvalue weighted by molar-refractivity contribution is -0.168. The third kappa shape index (κ3) is 4.77. The lowest BCUT2D eigenvalue weighted by Gasteiger charge is -2.23. The van der Waals surface area contributed by atoms with Gasteiger partial charge >= 0.3 is 12.3 Å². The summed E-state index contributed by atoms with van der Waals surface area (Å²) in [6, 6.07) is 1.83. The first kappa shape index (κ1) is 15.1. The first-order chi connectivity index (χ1) is 7.27. The van der Waals surface area contributed by atoms with Crippen molar-refractivity contribution in [1.82, 2.24) is 5.32 Å². The van der Waals surface area contributed by atoms with Crippen molar-refractivity contribution in [3.8, 4) is 6.07 Å². The number of ether oxygens (including phenoxy) is 1. The SMILES string of the molecule is CCNC(C)(C#N)COCC(F)(F)C(F)F. The van der Waals surface area contributed by atoms with Crippen molar-refractivity contribution in [2.45, 2.75) is 31.7 Å².